The lowest BCUT2D eigenvalue weighted by Gasteiger charge is -2.09. The van der Waals surface area contributed by atoms with Crippen molar-refractivity contribution in [1.29, 1.82) is 0 Å². The van der Waals surface area contributed by atoms with Crippen LogP contribution in [-0.2, 0) is 0 Å². The van der Waals surface area contributed by atoms with Crippen LogP contribution >= 0.6 is 22.9 Å². The number of alkyl halides is 1. The van der Waals surface area contributed by atoms with Gasteiger partial charge in [-0.1, -0.05) is 54.6 Å². The lowest BCUT2D eigenvalue weighted by atomic mass is 10.0. The maximum absolute atomic E-state index is 6.55. The number of hydrogen-bond donors (Lipinski definition) is 0. The molecule has 0 bridgehead atoms. The molecule has 0 amide bonds. The fourth-order valence-corrected chi connectivity index (χ4v) is 3.46. The molecule has 0 spiro atoms. The normalized spacial score (nSPS) is 12.3. The molecule has 0 aliphatic carbocycles. The van der Waals surface area contributed by atoms with Gasteiger partial charge in [0.1, 0.15) is 0 Å². The number of hydrogen-bond acceptors (Lipinski definition) is 1. The van der Waals surface area contributed by atoms with Crippen molar-refractivity contribution in [2.45, 2.75) is 12.3 Å². The van der Waals surface area contributed by atoms with Crippen LogP contribution in [-0.4, -0.2) is 0 Å². The molecule has 100 valence electrons. The summed E-state index contributed by atoms with van der Waals surface area (Å²) in [5.41, 5.74) is 3.60. The summed E-state index contributed by atoms with van der Waals surface area (Å²) in [6.45, 7) is 2.11. The van der Waals surface area contributed by atoms with E-state index in [0.717, 1.165) is 5.56 Å². The van der Waals surface area contributed by atoms with Crippen LogP contribution in [0.3, 0.4) is 0 Å². The predicted molar refractivity (Wildman–Crippen MR) is 88.6 cm³/mol. The molecule has 1 atom stereocenters. The van der Waals surface area contributed by atoms with Gasteiger partial charge in [0.2, 0.25) is 0 Å². The molecule has 3 aromatic rings. The average molecular weight is 299 g/mol. The van der Waals surface area contributed by atoms with Gasteiger partial charge in [0, 0.05) is 9.75 Å². The topological polar surface area (TPSA) is 0 Å². The highest BCUT2D eigenvalue weighted by Gasteiger charge is 2.12. The van der Waals surface area contributed by atoms with E-state index in [1.807, 2.05) is 6.07 Å². The third kappa shape index (κ3) is 2.79. The summed E-state index contributed by atoms with van der Waals surface area (Å²) < 4.78 is 0. The van der Waals surface area contributed by atoms with Crippen molar-refractivity contribution in [3.63, 3.8) is 0 Å². The van der Waals surface area contributed by atoms with E-state index in [1.165, 1.54) is 20.9 Å². The van der Waals surface area contributed by atoms with Crippen molar-refractivity contribution in [1.82, 2.24) is 0 Å². The Bertz CT molecular complexity index is 683. The minimum Gasteiger partial charge on any atom is -0.144 e. The molecule has 2 heteroatoms. The van der Waals surface area contributed by atoms with Gasteiger partial charge in [-0.05, 0) is 35.7 Å². The first-order valence-corrected chi connectivity index (χ1v) is 7.85. The van der Waals surface area contributed by atoms with Crippen LogP contribution in [0.4, 0.5) is 0 Å². The third-order valence-electron chi connectivity index (χ3n) is 3.32. The molecule has 0 aliphatic rings. The standard InChI is InChI=1S/C18H15ClS/c1-13-7-12-17(20-13)18(19)16-10-8-15(9-11-16)14-5-3-2-4-6-14/h2-12,18H,1H3. The second-order valence-corrected chi connectivity index (χ2v) is 6.55. The molecule has 0 saturated heterocycles. The summed E-state index contributed by atoms with van der Waals surface area (Å²) in [5, 5.41) is -0.0569. The van der Waals surface area contributed by atoms with E-state index in [1.54, 1.807) is 11.3 Å². The molecule has 20 heavy (non-hydrogen) atoms. The van der Waals surface area contributed by atoms with Crippen molar-refractivity contribution in [3.8, 4) is 11.1 Å². The first-order valence-electron chi connectivity index (χ1n) is 6.60. The van der Waals surface area contributed by atoms with E-state index < -0.39 is 0 Å². The van der Waals surface area contributed by atoms with Gasteiger partial charge in [-0.2, -0.15) is 0 Å². The monoisotopic (exact) mass is 298 g/mol. The van der Waals surface area contributed by atoms with Gasteiger partial charge >= 0.3 is 0 Å². The van der Waals surface area contributed by atoms with Gasteiger partial charge in [-0.25, -0.2) is 0 Å². The average Bonchev–Trinajstić information content (AvgIpc) is 2.94. The Hall–Kier alpha value is -1.57. The molecule has 0 aliphatic heterocycles. The van der Waals surface area contributed by atoms with Crippen molar-refractivity contribution in [3.05, 3.63) is 82.0 Å². The third-order valence-corrected chi connectivity index (χ3v) is 5.00. The van der Waals surface area contributed by atoms with Crippen molar-refractivity contribution in [2.24, 2.45) is 0 Å². The molecular weight excluding hydrogens is 284 g/mol. The fourth-order valence-electron chi connectivity index (χ4n) is 2.23. The Balaban J connectivity index is 1.86. The second-order valence-electron chi connectivity index (χ2n) is 4.80. The van der Waals surface area contributed by atoms with E-state index in [2.05, 4.69) is 67.6 Å². The van der Waals surface area contributed by atoms with E-state index in [4.69, 9.17) is 11.6 Å². The summed E-state index contributed by atoms with van der Waals surface area (Å²) >= 11 is 8.31. The highest BCUT2D eigenvalue weighted by Crippen LogP contribution is 2.34. The minimum absolute atomic E-state index is 0.0569. The zero-order valence-electron chi connectivity index (χ0n) is 11.2. The Morgan fingerprint density at radius 3 is 2.05 bits per heavy atom. The van der Waals surface area contributed by atoms with Crippen molar-refractivity contribution >= 4 is 22.9 Å². The molecule has 0 radical (unpaired) electrons. The van der Waals surface area contributed by atoms with Gasteiger partial charge in [0.15, 0.2) is 0 Å². The van der Waals surface area contributed by atoms with Crippen LogP contribution in [0.15, 0.2) is 66.7 Å². The second kappa shape index (κ2) is 5.82. The molecule has 1 aromatic heterocycles. The zero-order chi connectivity index (χ0) is 13.9. The van der Waals surface area contributed by atoms with Gasteiger partial charge < -0.3 is 0 Å². The van der Waals surface area contributed by atoms with E-state index in [0.29, 0.717) is 0 Å². The van der Waals surface area contributed by atoms with Gasteiger partial charge in [-0.15, -0.1) is 22.9 Å². The molecule has 0 fully saturated rings. The number of benzene rings is 2. The van der Waals surface area contributed by atoms with E-state index in [-0.39, 0.29) is 5.38 Å². The Kier molecular flexibility index (Phi) is 3.90. The van der Waals surface area contributed by atoms with Gasteiger partial charge in [-0.3, -0.25) is 0 Å². The SMILES string of the molecule is Cc1ccc(C(Cl)c2ccc(-c3ccccc3)cc2)s1. The number of rotatable bonds is 3. The van der Waals surface area contributed by atoms with E-state index in [9.17, 15) is 0 Å². The zero-order valence-corrected chi connectivity index (χ0v) is 12.8. The first kappa shape index (κ1) is 13.4. The summed E-state index contributed by atoms with van der Waals surface area (Å²) in [6, 6.07) is 23.1. The van der Waals surface area contributed by atoms with Gasteiger partial charge in [0.05, 0.1) is 5.38 Å². The molecular formula is C18H15ClS. The largest absolute Gasteiger partial charge is 0.144 e. The molecule has 1 unspecified atom stereocenters. The first-order chi connectivity index (χ1) is 9.74. The van der Waals surface area contributed by atoms with Crippen LogP contribution in [0.1, 0.15) is 20.7 Å². The maximum atomic E-state index is 6.55. The van der Waals surface area contributed by atoms with Crippen LogP contribution in [0.25, 0.3) is 11.1 Å². The highest BCUT2D eigenvalue weighted by molar-refractivity contribution is 7.12. The smallest absolute Gasteiger partial charge is 0.0927 e. The van der Waals surface area contributed by atoms with Crippen molar-refractivity contribution < 1.29 is 0 Å². The molecule has 0 saturated carbocycles. The Labute approximate surface area is 128 Å². The molecule has 1 heterocycles. The molecule has 3 rings (SSSR count). The van der Waals surface area contributed by atoms with Crippen LogP contribution in [0, 0.1) is 6.92 Å². The maximum Gasteiger partial charge on any atom is 0.0927 e. The Morgan fingerprint density at radius 2 is 1.45 bits per heavy atom. The van der Waals surface area contributed by atoms with Gasteiger partial charge in [0.25, 0.3) is 0 Å². The molecule has 2 aromatic carbocycles. The van der Waals surface area contributed by atoms with Crippen LogP contribution in [0.5, 0.6) is 0 Å². The molecule has 0 nitrogen and oxygen atoms in total. The van der Waals surface area contributed by atoms with Crippen molar-refractivity contribution in [2.75, 3.05) is 0 Å². The van der Waals surface area contributed by atoms with E-state index >= 15 is 0 Å². The lowest BCUT2D eigenvalue weighted by Crippen LogP contribution is -1.89. The minimum atomic E-state index is -0.0569. The predicted octanol–water partition coefficient (Wildman–Crippen LogP) is 6.05. The number of thiophene rings is 1. The quantitative estimate of drug-likeness (QED) is 0.516. The summed E-state index contributed by atoms with van der Waals surface area (Å²) in [4.78, 5) is 2.50. The summed E-state index contributed by atoms with van der Waals surface area (Å²) in [7, 11) is 0. The fraction of sp³-hybridized carbons (Fsp3) is 0.111. The highest BCUT2D eigenvalue weighted by atomic mass is 35.5. The number of halogens is 1. The lowest BCUT2D eigenvalue weighted by molar-refractivity contribution is 1.19. The molecule has 0 N–H and O–H groups in total. The summed E-state index contributed by atoms with van der Waals surface area (Å²) in [6.07, 6.45) is 0. The number of aryl methyl sites for hydroxylation is 1. The van der Waals surface area contributed by atoms with Crippen LogP contribution < -0.4 is 0 Å². The Morgan fingerprint density at radius 1 is 0.800 bits per heavy atom. The summed E-state index contributed by atoms with van der Waals surface area (Å²) in [5.74, 6) is 0. The van der Waals surface area contributed by atoms with Crippen LogP contribution in [0.2, 0.25) is 0 Å².